The van der Waals surface area contributed by atoms with Gasteiger partial charge in [0.15, 0.2) is 0 Å². The van der Waals surface area contributed by atoms with Crippen molar-refractivity contribution in [3.63, 3.8) is 0 Å². The summed E-state index contributed by atoms with van der Waals surface area (Å²) in [6.45, 7) is 0.916. The molecule has 0 radical (unpaired) electrons. The van der Waals surface area contributed by atoms with Gasteiger partial charge in [0.2, 0.25) is 5.91 Å². The number of halogens is 1. The van der Waals surface area contributed by atoms with Crippen LogP contribution in [-0.4, -0.2) is 31.9 Å². The Kier molecular flexibility index (Phi) is 7.79. The SMILES string of the molecule is COc1ccc(OCCNC(=O)CCSc2ccc(Cl)cc2)cc1. The standard InChI is InChI=1S/C18H20ClNO3S/c1-22-15-4-6-16(7-5-15)23-12-11-20-18(21)10-13-24-17-8-2-14(19)3-9-17/h2-9H,10-13H2,1H3,(H,20,21). The van der Waals surface area contributed by atoms with Gasteiger partial charge in [0.1, 0.15) is 18.1 Å². The first-order valence-corrected chi connectivity index (χ1v) is 8.95. The van der Waals surface area contributed by atoms with E-state index in [0.29, 0.717) is 24.6 Å². The van der Waals surface area contributed by atoms with E-state index in [-0.39, 0.29) is 5.91 Å². The minimum Gasteiger partial charge on any atom is -0.497 e. The first-order chi connectivity index (χ1) is 11.7. The average Bonchev–Trinajstić information content (AvgIpc) is 2.61. The summed E-state index contributed by atoms with van der Waals surface area (Å²) in [5, 5.41) is 3.56. The van der Waals surface area contributed by atoms with Gasteiger partial charge in [0.25, 0.3) is 0 Å². The molecule has 0 spiro atoms. The third-order valence-corrected chi connectivity index (χ3v) is 4.43. The van der Waals surface area contributed by atoms with Crippen molar-refractivity contribution in [1.29, 1.82) is 0 Å². The van der Waals surface area contributed by atoms with Gasteiger partial charge in [-0.25, -0.2) is 0 Å². The maximum Gasteiger partial charge on any atom is 0.220 e. The monoisotopic (exact) mass is 365 g/mol. The molecule has 1 amide bonds. The number of carbonyl (C=O) groups is 1. The quantitative estimate of drug-likeness (QED) is 0.538. The van der Waals surface area contributed by atoms with Crippen LogP contribution in [0.15, 0.2) is 53.4 Å². The Morgan fingerprint density at radius 3 is 2.42 bits per heavy atom. The molecule has 2 rings (SSSR count). The van der Waals surface area contributed by atoms with Crippen molar-refractivity contribution < 1.29 is 14.3 Å². The zero-order valence-electron chi connectivity index (χ0n) is 13.5. The number of rotatable bonds is 9. The maximum absolute atomic E-state index is 11.8. The summed E-state index contributed by atoms with van der Waals surface area (Å²) in [6.07, 6.45) is 0.468. The van der Waals surface area contributed by atoms with Gasteiger partial charge in [0, 0.05) is 22.1 Å². The Hall–Kier alpha value is -1.85. The van der Waals surface area contributed by atoms with Crippen LogP contribution in [-0.2, 0) is 4.79 Å². The normalized spacial score (nSPS) is 10.2. The van der Waals surface area contributed by atoms with E-state index < -0.39 is 0 Å². The molecular weight excluding hydrogens is 346 g/mol. The number of hydrogen-bond acceptors (Lipinski definition) is 4. The molecule has 24 heavy (non-hydrogen) atoms. The number of ether oxygens (including phenoxy) is 2. The largest absolute Gasteiger partial charge is 0.497 e. The molecule has 0 bridgehead atoms. The molecule has 128 valence electrons. The summed E-state index contributed by atoms with van der Waals surface area (Å²) in [5.74, 6) is 2.29. The van der Waals surface area contributed by atoms with E-state index in [9.17, 15) is 4.79 Å². The number of benzene rings is 2. The molecule has 2 aromatic rings. The molecule has 6 heteroatoms. The van der Waals surface area contributed by atoms with Crippen LogP contribution in [0.4, 0.5) is 0 Å². The van der Waals surface area contributed by atoms with E-state index in [1.165, 1.54) is 0 Å². The molecule has 4 nitrogen and oxygen atoms in total. The van der Waals surface area contributed by atoms with E-state index in [2.05, 4.69) is 5.32 Å². The Morgan fingerprint density at radius 2 is 1.75 bits per heavy atom. The molecule has 0 heterocycles. The Labute approximate surface area is 151 Å². The summed E-state index contributed by atoms with van der Waals surface area (Å²) >= 11 is 7.47. The number of nitrogens with one attached hydrogen (secondary N) is 1. The van der Waals surface area contributed by atoms with Gasteiger partial charge in [-0.1, -0.05) is 11.6 Å². The number of thioether (sulfide) groups is 1. The Bertz CT molecular complexity index is 632. The van der Waals surface area contributed by atoms with Gasteiger partial charge in [-0.3, -0.25) is 4.79 Å². The minimum absolute atomic E-state index is 0.0230. The minimum atomic E-state index is 0.0230. The van der Waals surface area contributed by atoms with Crippen LogP contribution in [0.2, 0.25) is 5.02 Å². The molecule has 0 fully saturated rings. The van der Waals surface area contributed by atoms with Gasteiger partial charge >= 0.3 is 0 Å². The topological polar surface area (TPSA) is 47.6 Å². The highest BCUT2D eigenvalue weighted by Crippen LogP contribution is 2.20. The van der Waals surface area contributed by atoms with E-state index in [1.807, 2.05) is 48.5 Å². The molecule has 0 atom stereocenters. The average molecular weight is 366 g/mol. The number of methoxy groups -OCH3 is 1. The lowest BCUT2D eigenvalue weighted by Crippen LogP contribution is -2.28. The summed E-state index contributed by atoms with van der Waals surface area (Å²) in [5.41, 5.74) is 0. The molecule has 0 aliphatic heterocycles. The molecular formula is C18H20ClNO3S. The van der Waals surface area contributed by atoms with E-state index >= 15 is 0 Å². The molecule has 0 saturated heterocycles. The van der Waals surface area contributed by atoms with Crippen molar-refractivity contribution in [1.82, 2.24) is 5.32 Å². The fourth-order valence-electron chi connectivity index (χ4n) is 1.91. The molecule has 0 saturated carbocycles. The summed E-state index contributed by atoms with van der Waals surface area (Å²) < 4.78 is 10.6. The second-order valence-corrected chi connectivity index (χ2v) is 6.53. The zero-order valence-corrected chi connectivity index (χ0v) is 15.0. The van der Waals surface area contributed by atoms with E-state index in [0.717, 1.165) is 22.1 Å². The van der Waals surface area contributed by atoms with E-state index in [1.54, 1.807) is 18.9 Å². The number of amides is 1. The number of hydrogen-bond donors (Lipinski definition) is 1. The zero-order chi connectivity index (χ0) is 17.2. The summed E-state index contributed by atoms with van der Waals surface area (Å²) in [7, 11) is 1.62. The molecule has 2 aromatic carbocycles. The van der Waals surface area contributed by atoms with Crippen molar-refractivity contribution in [2.24, 2.45) is 0 Å². The van der Waals surface area contributed by atoms with Crippen molar-refractivity contribution in [2.75, 3.05) is 26.0 Å². The lowest BCUT2D eigenvalue weighted by atomic mass is 10.3. The highest BCUT2D eigenvalue weighted by atomic mass is 35.5. The lowest BCUT2D eigenvalue weighted by Gasteiger charge is -2.08. The van der Waals surface area contributed by atoms with Crippen LogP contribution in [0.1, 0.15) is 6.42 Å². The van der Waals surface area contributed by atoms with Gasteiger partial charge < -0.3 is 14.8 Å². The lowest BCUT2D eigenvalue weighted by molar-refractivity contribution is -0.120. The van der Waals surface area contributed by atoms with Crippen LogP contribution >= 0.6 is 23.4 Å². The molecule has 0 aromatic heterocycles. The van der Waals surface area contributed by atoms with Crippen LogP contribution in [0.5, 0.6) is 11.5 Å². The van der Waals surface area contributed by atoms with E-state index in [4.69, 9.17) is 21.1 Å². The third kappa shape index (κ3) is 6.72. The van der Waals surface area contributed by atoms with Gasteiger partial charge in [-0.05, 0) is 48.5 Å². The smallest absolute Gasteiger partial charge is 0.220 e. The first-order valence-electron chi connectivity index (χ1n) is 7.59. The van der Waals surface area contributed by atoms with Crippen molar-refractivity contribution in [2.45, 2.75) is 11.3 Å². The van der Waals surface area contributed by atoms with Crippen LogP contribution in [0.3, 0.4) is 0 Å². The van der Waals surface area contributed by atoms with Crippen LogP contribution in [0.25, 0.3) is 0 Å². The summed E-state index contributed by atoms with van der Waals surface area (Å²) in [4.78, 5) is 12.9. The molecule has 0 unspecified atom stereocenters. The fourth-order valence-corrected chi connectivity index (χ4v) is 2.89. The summed E-state index contributed by atoms with van der Waals surface area (Å²) in [6, 6.07) is 14.9. The second-order valence-electron chi connectivity index (χ2n) is 4.93. The third-order valence-electron chi connectivity index (χ3n) is 3.16. The first kappa shape index (κ1) is 18.5. The highest BCUT2D eigenvalue weighted by Gasteiger charge is 2.02. The predicted octanol–water partition coefficient (Wildman–Crippen LogP) is 4.03. The molecule has 0 aliphatic carbocycles. The molecule has 0 aliphatic rings. The second kappa shape index (κ2) is 10.1. The van der Waals surface area contributed by atoms with Crippen molar-refractivity contribution in [3.8, 4) is 11.5 Å². The Balaban J connectivity index is 1.56. The van der Waals surface area contributed by atoms with Crippen molar-refractivity contribution >= 4 is 29.3 Å². The van der Waals surface area contributed by atoms with Gasteiger partial charge in [-0.15, -0.1) is 11.8 Å². The molecule has 1 N–H and O–H groups in total. The maximum atomic E-state index is 11.8. The fraction of sp³-hybridized carbons (Fsp3) is 0.278. The highest BCUT2D eigenvalue weighted by molar-refractivity contribution is 7.99. The van der Waals surface area contributed by atoms with Gasteiger partial charge in [-0.2, -0.15) is 0 Å². The Morgan fingerprint density at radius 1 is 1.08 bits per heavy atom. The van der Waals surface area contributed by atoms with Crippen LogP contribution < -0.4 is 14.8 Å². The van der Waals surface area contributed by atoms with Gasteiger partial charge in [0.05, 0.1) is 13.7 Å². The van der Waals surface area contributed by atoms with Crippen LogP contribution in [0, 0.1) is 0 Å². The number of carbonyl (C=O) groups excluding carboxylic acids is 1. The van der Waals surface area contributed by atoms with Crippen molar-refractivity contribution in [3.05, 3.63) is 53.6 Å². The predicted molar refractivity (Wildman–Crippen MR) is 98.3 cm³/mol.